The third kappa shape index (κ3) is 3.62. The van der Waals surface area contributed by atoms with E-state index in [1.165, 1.54) is 0 Å². The van der Waals surface area contributed by atoms with Crippen molar-refractivity contribution in [3.63, 3.8) is 0 Å². The number of rotatable bonds is 3. The number of hydrogen-bond acceptors (Lipinski definition) is 5. The van der Waals surface area contributed by atoms with E-state index in [0.717, 1.165) is 35.6 Å². The SMILES string of the molecule is CSc1cc2c(cc1NC(=O)C1CCC(N)C1)OCCO2.Cl. The summed E-state index contributed by atoms with van der Waals surface area (Å²) in [6.07, 6.45) is 4.54. The predicted octanol–water partition coefficient (Wildman–Crippen LogP) is 2.67. The van der Waals surface area contributed by atoms with Crippen molar-refractivity contribution in [3.05, 3.63) is 12.1 Å². The Kier molecular flexibility index (Phi) is 5.83. The van der Waals surface area contributed by atoms with Crippen LogP contribution in [0.1, 0.15) is 19.3 Å². The lowest BCUT2D eigenvalue weighted by atomic mass is 10.1. The number of carbonyl (C=O) groups excluding carboxylic acids is 1. The van der Waals surface area contributed by atoms with Crippen LogP contribution >= 0.6 is 24.2 Å². The molecule has 122 valence electrons. The number of nitrogens with one attached hydrogen (secondary N) is 1. The largest absolute Gasteiger partial charge is 0.486 e. The fraction of sp³-hybridized carbons (Fsp3) is 0.533. The van der Waals surface area contributed by atoms with Crippen molar-refractivity contribution in [2.24, 2.45) is 11.7 Å². The molecule has 1 fully saturated rings. The summed E-state index contributed by atoms with van der Waals surface area (Å²) in [6, 6.07) is 3.93. The minimum Gasteiger partial charge on any atom is -0.486 e. The van der Waals surface area contributed by atoms with Crippen LogP contribution in [0.4, 0.5) is 5.69 Å². The summed E-state index contributed by atoms with van der Waals surface area (Å²) >= 11 is 1.58. The monoisotopic (exact) mass is 344 g/mol. The highest BCUT2D eigenvalue weighted by molar-refractivity contribution is 7.98. The van der Waals surface area contributed by atoms with Crippen LogP contribution in [0, 0.1) is 5.92 Å². The molecule has 0 aromatic heterocycles. The maximum atomic E-state index is 12.3. The molecule has 1 amide bonds. The van der Waals surface area contributed by atoms with Crippen molar-refractivity contribution < 1.29 is 14.3 Å². The summed E-state index contributed by atoms with van der Waals surface area (Å²) in [4.78, 5) is 13.3. The van der Waals surface area contributed by atoms with Crippen LogP contribution in [-0.4, -0.2) is 31.4 Å². The second kappa shape index (κ2) is 7.44. The van der Waals surface area contributed by atoms with Gasteiger partial charge < -0.3 is 20.5 Å². The highest BCUT2D eigenvalue weighted by atomic mass is 35.5. The van der Waals surface area contributed by atoms with E-state index in [9.17, 15) is 4.79 Å². The molecule has 5 nitrogen and oxygen atoms in total. The van der Waals surface area contributed by atoms with E-state index >= 15 is 0 Å². The summed E-state index contributed by atoms with van der Waals surface area (Å²) in [5.74, 6) is 1.50. The molecule has 0 bridgehead atoms. The lowest BCUT2D eigenvalue weighted by molar-refractivity contribution is -0.119. The molecule has 22 heavy (non-hydrogen) atoms. The molecule has 1 aromatic rings. The van der Waals surface area contributed by atoms with Gasteiger partial charge in [0.2, 0.25) is 5.91 Å². The van der Waals surface area contributed by atoms with Crippen LogP contribution in [0.2, 0.25) is 0 Å². The van der Waals surface area contributed by atoms with Gasteiger partial charge in [0, 0.05) is 22.9 Å². The number of hydrogen-bond donors (Lipinski definition) is 2. The van der Waals surface area contributed by atoms with E-state index in [-0.39, 0.29) is 30.3 Å². The maximum absolute atomic E-state index is 12.3. The number of thioether (sulfide) groups is 1. The van der Waals surface area contributed by atoms with Crippen LogP contribution in [-0.2, 0) is 4.79 Å². The Labute approximate surface area is 140 Å². The molecule has 1 aliphatic heterocycles. The van der Waals surface area contributed by atoms with Gasteiger partial charge in [-0.1, -0.05) is 0 Å². The molecule has 1 aliphatic carbocycles. The first-order chi connectivity index (χ1) is 10.2. The zero-order chi connectivity index (χ0) is 14.8. The normalized spacial score (nSPS) is 22.8. The van der Waals surface area contributed by atoms with E-state index < -0.39 is 0 Å². The van der Waals surface area contributed by atoms with E-state index in [0.29, 0.717) is 19.0 Å². The number of fused-ring (bicyclic) bond motifs is 1. The first kappa shape index (κ1) is 17.2. The zero-order valence-electron chi connectivity index (χ0n) is 12.5. The first-order valence-corrected chi connectivity index (χ1v) is 8.44. The van der Waals surface area contributed by atoms with Crippen LogP contribution in [0.3, 0.4) is 0 Å². The molecule has 0 radical (unpaired) electrons. The number of halogens is 1. The second-order valence-electron chi connectivity index (χ2n) is 5.46. The molecule has 0 spiro atoms. The first-order valence-electron chi connectivity index (χ1n) is 7.21. The Morgan fingerprint density at radius 2 is 1.95 bits per heavy atom. The molecule has 1 aromatic carbocycles. The summed E-state index contributed by atoms with van der Waals surface area (Å²) in [6.45, 7) is 1.10. The highest BCUT2D eigenvalue weighted by Crippen LogP contribution is 2.39. The lowest BCUT2D eigenvalue weighted by Gasteiger charge is -2.21. The van der Waals surface area contributed by atoms with Gasteiger partial charge in [-0.15, -0.1) is 24.2 Å². The Morgan fingerprint density at radius 1 is 1.27 bits per heavy atom. The minimum atomic E-state index is 0. The molecule has 2 aliphatic rings. The van der Waals surface area contributed by atoms with Gasteiger partial charge in [0.1, 0.15) is 13.2 Å². The average molecular weight is 345 g/mol. The van der Waals surface area contributed by atoms with Crippen molar-refractivity contribution in [2.45, 2.75) is 30.2 Å². The highest BCUT2D eigenvalue weighted by Gasteiger charge is 2.28. The van der Waals surface area contributed by atoms with Crippen molar-refractivity contribution >= 4 is 35.8 Å². The number of ether oxygens (including phenoxy) is 2. The van der Waals surface area contributed by atoms with Crippen LogP contribution < -0.4 is 20.5 Å². The number of nitrogens with two attached hydrogens (primary N) is 1. The minimum absolute atomic E-state index is 0. The third-order valence-electron chi connectivity index (χ3n) is 3.97. The Bertz CT molecular complexity index is 556. The molecule has 3 N–H and O–H groups in total. The summed E-state index contributed by atoms with van der Waals surface area (Å²) in [7, 11) is 0. The fourth-order valence-corrected chi connectivity index (χ4v) is 3.38. The maximum Gasteiger partial charge on any atom is 0.227 e. The molecule has 1 heterocycles. The Morgan fingerprint density at radius 3 is 2.55 bits per heavy atom. The summed E-state index contributed by atoms with van der Waals surface area (Å²) in [5, 5.41) is 3.02. The van der Waals surface area contributed by atoms with E-state index in [2.05, 4.69) is 5.32 Å². The second-order valence-corrected chi connectivity index (χ2v) is 6.30. The standard InChI is InChI=1S/C15H20N2O3S.ClH/c1-21-14-8-13-12(19-4-5-20-13)7-11(14)17-15(18)9-2-3-10(16)6-9;/h7-10H,2-6,16H2,1H3,(H,17,18);1H. The quantitative estimate of drug-likeness (QED) is 0.825. The van der Waals surface area contributed by atoms with Crippen molar-refractivity contribution in [1.29, 1.82) is 0 Å². The van der Waals surface area contributed by atoms with Crippen LogP contribution in [0.25, 0.3) is 0 Å². The molecule has 2 unspecified atom stereocenters. The molecule has 1 saturated carbocycles. The molecule has 3 rings (SSSR count). The van der Waals surface area contributed by atoms with Gasteiger partial charge >= 0.3 is 0 Å². The smallest absolute Gasteiger partial charge is 0.227 e. The van der Waals surface area contributed by atoms with Crippen molar-refractivity contribution in [3.8, 4) is 11.5 Å². The van der Waals surface area contributed by atoms with Gasteiger partial charge in [-0.3, -0.25) is 4.79 Å². The zero-order valence-corrected chi connectivity index (χ0v) is 14.1. The number of anilines is 1. The van der Waals surface area contributed by atoms with E-state index in [4.69, 9.17) is 15.2 Å². The number of carbonyl (C=O) groups is 1. The van der Waals surface area contributed by atoms with Crippen LogP contribution in [0.5, 0.6) is 11.5 Å². The third-order valence-corrected chi connectivity index (χ3v) is 4.74. The van der Waals surface area contributed by atoms with Crippen molar-refractivity contribution in [1.82, 2.24) is 0 Å². The average Bonchev–Trinajstić information content (AvgIpc) is 2.93. The van der Waals surface area contributed by atoms with Gasteiger partial charge in [0.15, 0.2) is 11.5 Å². The predicted molar refractivity (Wildman–Crippen MR) is 90.4 cm³/mol. The number of amides is 1. The fourth-order valence-electron chi connectivity index (χ4n) is 2.83. The van der Waals surface area contributed by atoms with Gasteiger partial charge in [0.05, 0.1) is 5.69 Å². The van der Waals surface area contributed by atoms with Gasteiger partial charge in [-0.05, 0) is 31.6 Å². The molecule has 0 saturated heterocycles. The topological polar surface area (TPSA) is 73.6 Å². The van der Waals surface area contributed by atoms with Gasteiger partial charge in [-0.25, -0.2) is 0 Å². The summed E-state index contributed by atoms with van der Waals surface area (Å²) in [5.41, 5.74) is 6.67. The van der Waals surface area contributed by atoms with Gasteiger partial charge in [0.25, 0.3) is 0 Å². The van der Waals surface area contributed by atoms with E-state index in [1.54, 1.807) is 11.8 Å². The number of benzene rings is 1. The van der Waals surface area contributed by atoms with E-state index in [1.807, 2.05) is 18.4 Å². The van der Waals surface area contributed by atoms with Gasteiger partial charge in [-0.2, -0.15) is 0 Å². The Balaban J connectivity index is 0.00000176. The molecule has 7 heteroatoms. The summed E-state index contributed by atoms with van der Waals surface area (Å²) < 4.78 is 11.2. The molecular weight excluding hydrogens is 324 g/mol. The van der Waals surface area contributed by atoms with Crippen molar-refractivity contribution in [2.75, 3.05) is 24.8 Å². The molecule has 2 atom stereocenters. The van der Waals surface area contributed by atoms with Crippen LogP contribution in [0.15, 0.2) is 17.0 Å². The lowest BCUT2D eigenvalue weighted by Crippen LogP contribution is -2.23. The molecular formula is C15H21ClN2O3S. The Hall–Kier alpha value is -1.11.